The third-order valence-corrected chi connectivity index (χ3v) is 2.35. The first-order valence-corrected chi connectivity index (χ1v) is 5.58. The number of hydrogen-bond acceptors (Lipinski definition) is 3. The summed E-state index contributed by atoms with van der Waals surface area (Å²) in [7, 11) is 0. The van der Waals surface area contributed by atoms with Gasteiger partial charge in [-0.15, -0.1) is 0 Å². The molecule has 1 aromatic rings. The van der Waals surface area contributed by atoms with Gasteiger partial charge in [-0.25, -0.2) is 4.98 Å². The van der Waals surface area contributed by atoms with E-state index in [1.807, 2.05) is 6.92 Å². The molecule has 88 valence electrons. The predicted octanol–water partition coefficient (Wildman–Crippen LogP) is 1.58. The highest BCUT2D eigenvalue weighted by atomic mass is 35.5. The van der Waals surface area contributed by atoms with Crippen molar-refractivity contribution in [2.75, 3.05) is 19.7 Å². The minimum Gasteiger partial charge on any atom is -0.395 e. The summed E-state index contributed by atoms with van der Waals surface area (Å²) in [6.45, 7) is 2.92. The third-order valence-electron chi connectivity index (χ3n) is 2.12. The highest BCUT2D eigenvalue weighted by Gasteiger charge is 2.14. The smallest absolute Gasteiger partial charge is 0.255 e. The summed E-state index contributed by atoms with van der Waals surface area (Å²) in [6, 6.07) is 3.22. The van der Waals surface area contributed by atoms with Gasteiger partial charge in [0.1, 0.15) is 5.15 Å². The molecule has 0 radical (unpaired) electrons. The Morgan fingerprint density at radius 1 is 1.50 bits per heavy atom. The van der Waals surface area contributed by atoms with E-state index in [2.05, 4.69) is 4.98 Å². The van der Waals surface area contributed by atoms with E-state index in [0.29, 0.717) is 23.8 Å². The van der Waals surface area contributed by atoms with E-state index in [4.69, 9.17) is 16.7 Å². The molecule has 16 heavy (non-hydrogen) atoms. The number of amides is 1. The van der Waals surface area contributed by atoms with Crippen molar-refractivity contribution in [1.82, 2.24) is 9.88 Å². The first kappa shape index (κ1) is 12.9. The van der Waals surface area contributed by atoms with Gasteiger partial charge >= 0.3 is 0 Å². The van der Waals surface area contributed by atoms with E-state index >= 15 is 0 Å². The second-order valence-corrected chi connectivity index (χ2v) is 3.77. The molecule has 4 nitrogen and oxygen atoms in total. The summed E-state index contributed by atoms with van der Waals surface area (Å²) in [5.74, 6) is -0.125. The average molecular weight is 243 g/mol. The molecule has 0 aliphatic carbocycles. The number of pyridine rings is 1. The number of aromatic nitrogens is 1. The van der Waals surface area contributed by atoms with Crippen LogP contribution in [-0.4, -0.2) is 40.6 Å². The fourth-order valence-electron chi connectivity index (χ4n) is 1.39. The van der Waals surface area contributed by atoms with Gasteiger partial charge in [0.25, 0.3) is 5.91 Å². The van der Waals surface area contributed by atoms with Crippen LogP contribution in [0.4, 0.5) is 0 Å². The quantitative estimate of drug-likeness (QED) is 0.798. The highest BCUT2D eigenvalue weighted by molar-refractivity contribution is 6.29. The van der Waals surface area contributed by atoms with Crippen LogP contribution in [0.2, 0.25) is 5.15 Å². The molecule has 1 rings (SSSR count). The summed E-state index contributed by atoms with van der Waals surface area (Å²) in [6.07, 6.45) is 2.30. The van der Waals surface area contributed by atoms with E-state index in [1.165, 1.54) is 6.20 Å². The van der Waals surface area contributed by atoms with Crippen molar-refractivity contribution in [3.63, 3.8) is 0 Å². The minimum atomic E-state index is -0.125. The number of hydrogen-bond donors (Lipinski definition) is 1. The maximum Gasteiger partial charge on any atom is 0.255 e. The predicted molar refractivity (Wildman–Crippen MR) is 62.5 cm³/mol. The van der Waals surface area contributed by atoms with Crippen LogP contribution in [0.15, 0.2) is 18.3 Å². The zero-order valence-electron chi connectivity index (χ0n) is 9.19. The molecule has 0 atom stereocenters. The summed E-state index contributed by atoms with van der Waals surface area (Å²) in [5.41, 5.74) is 0.492. The minimum absolute atomic E-state index is 0.0350. The number of carbonyl (C=O) groups is 1. The molecule has 1 heterocycles. The van der Waals surface area contributed by atoms with Crippen molar-refractivity contribution in [3.8, 4) is 0 Å². The number of halogens is 1. The lowest BCUT2D eigenvalue weighted by Gasteiger charge is -2.20. The van der Waals surface area contributed by atoms with Gasteiger partial charge < -0.3 is 10.0 Å². The van der Waals surface area contributed by atoms with Crippen molar-refractivity contribution in [2.45, 2.75) is 13.3 Å². The lowest BCUT2D eigenvalue weighted by Crippen LogP contribution is -2.34. The van der Waals surface area contributed by atoms with Crippen LogP contribution in [0.3, 0.4) is 0 Å². The lowest BCUT2D eigenvalue weighted by atomic mass is 10.2. The highest BCUT2D eigenvalue weighted by Crippen LogP contribution is 2.08. The summed E-state index contributed by atoms with van der Waals surface area (Å²) in [5, 5.41) is 9.23. The van der Waals surface area contributed by atoms with Crippen molar-refractivity contribution < 1.29 is 9.90 Å². The molecule has 0 aliphatic heterocycles. The van der Waals surface area contributed by atoms with Crippen LogP contribution in [-0.2, 0) is 0 Å². The number of nitrogens with zero attached hydrogens (tertiary/aromatic N) is 2. The molecule has 0 aromatic carbocycles. The van der Waals surface area contributed by atoms with Crippen LogP contribution >= 0.6 is 11.6 Å². The fourth-order valence-corrected chi connectivity index (χ4v) is 1.50. The first-order valence-electron chi connectivity index (χ1n) is 5.20. The van der Waals surface area contributed by atoms with Gasteiger partial charge in [-0.1, -0.05) is 18.5 Å². The monoisotopic (exact) mass is 242 g/mol. The third kappa shape index (κ3) is 3.47. The van der Waals surface area contributed by atoms with E-state index in [1.54, 1.807) is 17.0 Å². The summed E-state index contributed by atoms with van der Waals surface area (Å²) < 4.78 is 0. The van der Waals surface area contributed by atoms with Gasteiger partial charge in [0.05, 0.1) is 12.2 Å². The molecule has 0 fully saturated rings. The maximum absolute atomic E-state index is 12.0. The molecular formula is C11H15ClN2O2. The molecule has 0 spiro atoms. The molecule has 1 N–H and O–H groups in total. The SMILES string of the molecule is CCCN(CCO)C(=O)c1ccc(Cl)nc1. The molecule has 0 aliphatic rings. The van der Waals surface area contributed by atoms with Crippen molar-refractivity contribution in [3.05, 3.63) is 29.0 Å². The van der Waals surface area contributed by atoms with Gasteiger partial charge in [0.15, 0.2) is 0 Å². The first-order chi connectivity index (χ1) is 7.69. The Balaban J connectivity index is 2.77. The zero-order valence-corrected chi connectivity index (χ0v) is 9.94. The van der Waals surface area contributed by atoms with Gasteiger partial charge in [0, 0.05) is 19.3 Å². The van der Waals surface area contributed by atoms with Crippen LogP contribution in [0.25, 0.3) is 0 Å². The van der Waals surface area contributed by atoms with Crippen molar-refractivity contribution in [1.29, 1.82) is 0 Å². The number of carbonyl (C=O) groups excluding carboxylic acids is 1. The van der Waals surface area contributed by atoms with Gasteiger partial charge in [0.2, 0.25) is 0 Å². The Bertz CT molecular complexity index is 334. The standard InChI is InChI=1S/C11H15ClN2O2/c1-2-5-14(6-7-15)11(16)9-3-4-10(12)13-8-9/h3-4,8,15H,2,5-7H2,1H3. The normalized spacial score (nSPS) is 10.2. The van der Waals surface area contributed by atoms with Gasteiger partial charge in [-0.05, 0) is 18.6 Å². The molecule has 0 unspecified atom stereocenters. The van der Waals surface area contributed by atoms with E-state index in [0.717, 1.165) is 6.42 Å². The van der Waals surface area contributed by atoms with Crippen LogP contribution < -0.4 is 0 Å². The van der Waals surface area contributed by atoms with Crippen LogP contribution in [0.5, 0.6) is 0 Å². The molecule has 1 aromatic heterocycles. The number of aliphatic hydroxyl groups is 1. The van der Waals surface area contributed by atoms with E-state index in [-0.39, 0.29) is 12.5 Å². The largest absolute Gasteiger partial charge is 0.395 e. The second kappa shape index (κ2) is 6.45. The van der Waals surface area contributed by atoms with Crippen LogP contribution in [0.1, 0.15) is 23.7 Å². The average Bonchev–Trinajstić information content (AvgIpc) is 2.29. The Labute approximate surface area is 99.9 Å². The Hall–Kier alpha value is -1.13. The van der Waals surface area contributed by atoms with Gasteiger partial charge in [-0.3, -0.25) is 4.79 Å². The summed E-state index contributed by atoms with van der Waals surface area (Å²) >= 11 is 5.64. The number of aliphatic hydroxyl groups excluding tert-OH is 1. The lowest BCUT2D eigenvalue weighted by molar-refractivity contribution is 0.0721. The van der Waals surface area contributed by atoms with E-state index in [9.17, 15) is 4.79 Å². The second-order valence-electron chi connectivity index (χ2n) is 3.39. The Morgan fingerprint density at radius 2 is 2.25 bits per heavy atom. The molecular weight excluding hydrogens is 228 g/mol. The topological polar surface area (TPSA) is 53.4 Å². The zero-order chi connectivity index (χ0) is 12.0. The fraction of sp³-hybridized carbons (Fsp3) is 0.455. The van der Waals surface area contributed by atoms with Crippen molar-refractivity contribution >= 4 is 17.5 Å². The Morgan fingerprint density at radius 3 is 2.75 bits per heavy atom. The maximum atomic E-state index is 12.0. The van der Waals surface area contributed by atoms with Crippen molar-refractivity contribution in [2.24, 2.45) is 0 Å². The van der Waals surface area contributed by atoms with Crippen LogP contribution in [0, 0.1) is 0 Å². The number of rotatable bonds is 5. The Kier molecular flexibility index (Phi) is 5.22. The molecule has 0 bridgehead atoms. The molecule has 5 heteroatoms. The summed E-state index contributed by atoms with van der Waals surface area (Å²) in [4.78, 5) is 17.4. The molecule has 0 saturated heterocycles. The molecule has 0 saturated carbocycles. The van der Waals surface area contributed by atoms with E-state index < -0.39 is 0 Å². The molecule has 1 amide bonds. The van der Waals surface area contributed by atoms with Gasteiger partial charge in [-0.2, -0.15) is 0 Å².